The van der Waals surface area contributed by atoms with E-state index in [4.69, 9.17) is 5.73 Å². The number of phenolic OH excluding ortho intramolecular Hbond substituents is 1. The van der Waals surface area contributed by atoms with E-state index in [2.05, 4.69) is 10.6 Å². The normalized spacial score (nSPS) is 28.8. The lowest BCUT2D eigenvalue weighted by Crippen LogP contribution is -2.68. The first-order valence-electron chi connectivity index (χ1n) is 14.1. The molecule has 234 valence electrons. The second-order valence-electron chi connectivity index (χ2n) is 13.0. The van der Waals surface area contributed by atoms with Crippen LogP contribution in [0, 0.1) is 17.3 Å². The molecule has 9 N–H and O–H groups in total. The van der Waals surface area contributed by atoms with Gasteiger partial charge in [0, 0.05) is 18.0 Å². The number of rotatable bonds is 7. The Kier molecular flexibility index (Phi) is 8.15. The molecule has 0 radical (unpaired) electrons. The smallest absolute Gasteiger partial charge is 0.255 e. The number of nitrogens with one attached hydrogen (secondary N) is 2. The van der Waals surface area contributed by atoms with Crippen LogP contribution < -0.4 is 16.4 Å². The molecule has 13 nitrogen and oxygen atoms in total. The Bertz CT molecular complexity index is 1460. The van der Waals surface area contributed by atoms with Gasteiger partial charge < -0.3 is 41.9 Å². The van der Waals surface area contributed by atoms with Crippen LogP contribution in [-0.2, 0) is 14.4 Å². The van der Waals surface area contributed by atoms with E-state index in [1.165, 1.54) is 25.1 Å². The number of Topliss-reactive ketones (excluding diaryl/α,β-unsaturated/α-hetero) is 2. The Morgan fingerprint density at radius 1 is 1.12 bits per heavy atom. The summed E-state index contributed by atoms with van der Waals surface area (Å²) < 4.78 is 0. The Labute approximate surface area is 249 Å². The van der Waals surface area contributed by atoms with Crippen LogP contribution in [0.25, 0.3) is 0 Å². The molecule has 1 aromatic carbocycles. The van der Waals surface area contributed by atoms with Gasteiger partial charge in [0.05, 0.1) is 35.9 Å². The minimum atomic E-state index is -2.99. The molecule has 0 fully saturated rings. The van der Waals surface area contributed by atoms with Crippen molar-refractivity contribution in [3.8, 4) is 5.75 Å². The molecule has 0 unspecified atom stereocenters. The van der Waals surface area contributed by atoms with Crippen molar-refractivity contribution in [1.82, 2.24) is 10.2 Å². The maximum atomic E-state index is 13.9. The summed E-state index contributed by atoms with van der Waals surface area (Å²) in [6.45, 7) is 8.03. The highest BCUT2D eigenvalue weighted by molar-refractivity contribution is 6.25. The van der Waals surface area contributed by atoms with Gasteiger partial charge in [0.25, 0.3) is 5.91 Å². The number of likely N-dealkylation sites (N-methyl/N-ethyl adjacent to an activating group) is 1. The zero-order valence-electron chi connectivity index (χ0n) is 25.1. The molecule has 43 heavy (non-hydrogen) atoms. The number of ketones is 2. The molecule has 0 saturated carbocycles. The lowest BCUT2D eigenvalue weighted by atomic mass is 9.55. The minimum Gasteiger partial charge on any atom is -0.510 e. The average molecular weight is 601 g/mol. The van der Waals surface area contributed by atoms with Crippen molar-refractivity contribution in [3.63, 3.8) is 0 Å². The maximum absolute atomic E-state index is 13.9. The van der Waals surface area contributed by atoms with Crippen LogP contribution >= 0.6 is 0 Å². The maximum Gasteiger partial charge on any atom is 0.255 e. The molecule has 0 aliphatic heterocycles. The van der Waals surface area contributed by atoms with E-state index in [1.807, 2.05) is 20.8 Å². The number of nitrogens with zero attached hydrogens (tertiary/aromatic N) is 1. The topological polar surface area (TPSA) is 223 Å². The molecule has 0 bridgehead atoms. The Morgan fingerprint density at radius 3 is 2.30 bits per heavy atom. The van der Waals surface area contributed by atoms with Gasteiger partial charge in [-0.05, 0) is 43.5 Å². The van der Waals surface area contributed by atoms with Crippen molar-refractivity contribution in [2.45, 2.75) is 57.8 Å². The molecule has 0 saturated heterocycles. The number of primary amides is 1. The number of carbonyl (C=O) groups excluding carboxylic acids is 4. The van der Waals surface area contributed by atoms with Crippen LogP contribution in [0.3, 0.4) is 0 Å². The predicted molar refractivity (Wildman–Crippen MR) is 155 cm³/mol. The van der Waals surface area contributed by atoms with Crippen LogP contribution in [-0.4, -0.2) is 98.7 Å². The summed E-state index contributed by atoms with van der Waals surface area (Å²) in [5, 5.41) is 62.5. The number of anilines is 1. The first-order chi connectivity index (χ1) is 19.9. The van der Waals surface area contributed by atoms with Crippen molar-refractivity contribution in [2.24, 2.45) is 23.0 Å². The zero-order chi connectivity index (χ0) is 32.3. The highest BCUT2D eigenvalue weighted by Gasteiger charge is 2.67. The first kappa shape index (κ1) is 32.0. The number of amides is 2. The zero-order valence-corrected chi connectivity index (χ0v) is 25.1. The summed E-state index contributed by atoms with van der Waals surface area (Å²) in [6.07, 6.45) is -0.921. The molecule has 0 heterocycles. The van der Waals surface area contributed by atoms with E-state index in [1.54, 1.807) is 13.0 Å². The molecule has 0 aromatic heterocycles. The summed E-state index contributed by atoms with van der Waals surface area (Å²) >= 11 is 0. The number of hydrogen-bond donors (Lipinski definition) is 8. The third-order valence-corrected chi connectivity index (χ3v) is 8.77. The monoisotopic (exact) mass is 600 g/mol. The predicted octanol–water partition coefficient (Wildman–Crippen LogP) is 0.617. The summed E-state index contributed by atoms with van der Waals surface area (Å²) in [4.78, 5) is 53.3. The second-order valence-corrected chi connectivity index (χ2v) is 13.0. The number of nitrogens with two attached hydrogens (primary N) is 1. The van der Waals surface area contributed by atoms with Crippen molar-refractivity contribution in [3.05, 3.63) is 45.9 Å². The summed E-state index contributed by atoms with van der Waals surface area (Å²) in [5.41, 5.74) is 1.07. The Hall–Kier alpha value is -3.94. The number of aromatic hydroxyl groups is 1. The van der Waals surface area contributed by atoms with Gasteiger partial charge in [0.2, 0.25) is 11.7 Å². The van der Waals surface area contributed by atoms with Gasteiger partial charge >= 0.3 is 0 Å². The van der Waals surface area contributed by atoms with Gasteiger partial charge in [0.1, 0.15) is 22.8 Å². The number of benzene rings is 1. The van der Waals surface area contributed by atoms with Crippen molar-refractivity contribution in [1.29, 1.82) is 0 Å². The summed E-state index contributed by atoms with van der Waals surface area (Å²) in [6, 6.07) is 1.71. The van der Waals surface area contributed by atoms with E-state index in [-0.39, 0.29) is 29.1 Å². The highest BCUT2D eigenvalue weighted by Crippen LogP contribution is 2.56. The van der Waals surface area contributed by atoms with E-state index < -0.39 is 81.4 Å². The molecule has 0 spiro atoms. The quantitative estimate of drug-likeness (QED) is 0.160. The lowest BCUT2D eigenvalue weighted by Gasteiger charge is -2.53. The Morgan fingerprint density at radius 2 is 1.74 bits per heavy atom. The van der Waals surface area contributed by atoms with Crippen molar-refractivity contribution >= 4 is 29.1 Å². The van der Waals surface area contributed by atoms with E-state index >= 15 is 0 Å². The van der Waals surface area contributed by atoms with Crippen LogP contribution in [0.5, 0.6) is 5.75 Å². The van der Waals surface area contributed by atoms with E-state index in [0.29, 0.717) is 12.1 Å². The Balaban J connectivity index is 1.76. The molecule has 3 aliphatic rings. The first-order valence-corrected chi connectivity index (χ1v) is 14.1. The largest absolute Gasteiger partial charge is 0.510 e. The standard InChI is InChI=1S/C30H40N4O9/c1-12-13-7-8-14(33-11-15(35)32-10-9-29(2,3)4)22(36)17(13)23(37)18-16(12)24(38)20-21(34(5)6)25(39)19(28(31)42)27(41)30(20,43)26(18)40/h7-8,12,16,20-21,24,33,36,38-40,43H,9-11H2,1-6H3,(H2,31,42)(H,32,35)/t12-,16+,20+,21+,24-,30-/m1/s1. The fourth-order valence-electron chi connectivity index (χ4n) is 6.58. The number of phenols is 1. The SMILES string of the molecule is C[C@@H]1c2ccc(NCC(=O)NCCC(C)(C)C)c(O)c2C(=O)C2=C(O)[C@@]3(O)C(=O)C(C(N)=O)=C(O)[C@@H](N(C)C)[C@H]3[C@H](O)[C@H]21. The van der Waals surface area contributed by atoms with Crippen molar-refractivity contribution < 1.29 is 44.7 Å². The van der Waals surface area contributed by atoms with Crippen molar-refractivity contribution in [2.75, 3.05) is 32.5 Å². The number of aliphatic hydroxyl groups excluding tert-OH is 3. The van der Waals surface area contributed by atoms with Gasteiger partial charge in [-0.15, -0.1) is 0 Å². The summed E-state index contributed by atoms with van der Waals surface area (Å²) in [5.74, 6) is -9.95. The number of fused-ring (bicyclic) bond motifs is 3. The molecular weight excluding hydrogens is 560 g/mol. The third-order valence-electron chi connectivity index (χ3n) is 8.77. The van der Waals surface area contributed by atoms with Crippen LogP contribution in [0.2, 0.25) is 0 Å². The van der Waals surface area contributed by atoms with E-state index in [0.717, 1.165) is 6.42 Å². The molecule has 2 amide bonds. The molecular formula is C30H40N4O9. The molecule has 3 aliphatic carbocycles. The van der Waals surface area contributed by atoms with Gasteiger partial charge in [-0.2, -0.15) is 0 Å². The van der Waals surface area contributed by atoms with E-state index in [9.17, 15) is 44.7 Å². The van der Waals surface area contributed by atoms with Gasteiger partial charge in [-0.25, -0.2) is 0 Å². The van der Waals surface area contributed by atoms with Crippen LogP contribution in [0.15, 0.2) is 34.8 Å². The summed E-state index contributed by atoms with van der Waals surface area (Å²) in [7, 11) is 2.95. The van der Waals surface area contributed by atoms with Crippen LogP contribution in [0.4, 0.5) is 5.69 Å². The molecule has 4 rings (SSSR count). The second kappa shape index (κ2) is 11.0. The fraction of sp³-hybridized carbons (Fsp3) is 0.533. The van der Waals surface area contributed by atoms with Gasteiger partial charge in [-0.3, -0.25) is 24.1 Å². The molecule has 6 atom stereocenters. The van der Waals surface area contributed by atoms with Gasteiger partial charge in [-0.1, -0.05) is 33.8 Å². The number of aliphatic hydroxyl groups is 4. The highest BCUT2D eigenvalue weighted by atomic mass is 16.4. The van der Waals surface area contributed by atoms with Crippen LogP contribution in [0.1, 0.15) is 56.0 Å². The lowest BCUT2D eigenvalue weighted by molar-refractivity contribution is -0.162. The minimum absolute atomic E-state index is 0.0280. The fourth-order valence-corrected chi connectivity index (χ4v) is 6.58. The third kappa shape index (κ3) is 5.04. The van der Waals surface area contributed by atoms with Gasteiger partial charge in [0.15, 0.2) is 11.4 Å². The molecule has 1 aromatic rings. The number of hydrogen-bond acceptors (Lipinski definition) is 11. The average Bonchev–Trinajstić information content (AvgIpc) is 2.89. The number of carbonyl (C=O) groups is 4. The molecule has 13 heteroatoms.